The molecule has 4 rings (SSSR count). The molecule has 6 heteroatoms. The second-order valence-electron chi connectivity index (χ2n) is 8.03. The summed E-state index contributed by atoms with van der Waals surface area (Å²) in [7, 11) is 0. The highest BCUT2D eigenvalue weighted by molar-refractivity contribution is 5.74. The van der Waals surface area contributed by atoms with Crippen LogP contribution in [0.4, 0.5) is 4.79 Å². The fourth-order valence-corrected chi connectivity index (χ4v) is 4.53. The summed E-state index contributed by atoms with van der Waals surface area (Å²) < 4.78 is 2.11. The predicted octanol–water partition coefficient (Wildman–Crippen LogP) is 3.85. The Bertz CT molecular complexity index is 778. The highest BCUT2D eigenvalue weighted by atomic mass is 16.2. The van der Waals surface area contributed by atoms with E-state index in [4.69, 9.17) is 5.10 Å². The number of nitrogens with zero attached hydrogens (tertiary/aromatic N) is 3. The molecule has 0 atom stereocenters. The molecule has 2 aliphatic carbocycles. The van der Waals surface area contributed by atoms with Crippen molar-refractivity contribution in [1.29, 1.82) is 0 Å². The van der Waals surface area contributed by atoms with Gasteiger partial charge in [0, 0.05) is 41.8 Å². The average molecular weight is 382 g/mol. The van der Waals surface area contributed by atoms with Crippen molar-refractivity contribution in [2.24, 2.45) is 0 Å². The maximum Gasteiger partial charge on any atom is 0.315 e. The zero-order chi connectivity index (χ0) is 19.2. The van der Waals surface area contributed by atoms with E-state index in [1.807, 2.05) is 24.5 Å². The van der Waals surface area contributed by atoms with Gasteiger partial charge < -0.3 is 10.6 Å². The van der Waals surface area contributed by atoms with E-state index in [0.717, 1.165) is 36.9 Å². The van der Waals surface area contributed by atoms with Crippen LogP contribution >= 0.6 is 0 Å². The molecular weight excluding hydrogens is 350 g/mol. The van der Waals surface area contributed by atoms with Crippen LogP contribution in [0.1, 0.15) is 62.6 Å². The standard InChI is InChI=1S/C22H31N5O/c28-22(25-18-7-3-1-2-4-8-18)24-15-16-27-20-10-6-5-9-19(20)21(26-27)17-11-13-23-14-12-17/h11-14,18H,1-10,15-16H2,(H2,24,25,28). The molecule has 2 aliphatic rings. The van der Waals surface area contributed by atoms with Crippen molar-refractivity contribution >= 4 is 6.03 Å². The summed E-state index contributed by atoms with van der Waals surface area (Å²) in [5.74, 6) is 0. The summed E-state index contributed by atoms with van der Waals surface area (Å²) in [5, 5.41) is 11.1. The number of amides is 2. The van der Waals surface area contributed by atoms with Crippen LogP contribution in [0.3, 0.4) is 0 Å². The van der Waals surface area contributed by atoms with Crippen LogP contribution in [-0.4, -0.2) is 33.4 Å². The fraction of sp³-hybridized carbons (Fsp3) is 0.591. The third-order valence-corrected chi connectivity index (χ3v) is 6.01. The highest BCUT2D eigenvalue weighted by Crippen LogP contribution is 2.30. The summed E-state index contributed by atoms with van der Waals surface area (Å²) in [6.07, 6.45) is 15.5. The minimum atomic E-state index is -0.0396. The Hall–Kier alpha value is -2.37. The van der Waals surface area contributed by atoms with E-state index >= 15 is 0 Å². The molecule has 0 spiro atoms. The van der Waals surface area contributed by atoms with E-state index < -0.39 is 0 Å². The molecular formula is C22H31N5O. The molecule has 0 unspecified atom stereocenters. The number of hydrogen-bond donors (Lipinski definition) is 2. The molecule has 2 N–H and O–H groups in total. The van der Waals surface area contributed by atoms with Crippen molar-refractivity contribution in [3.05, 3.63) is 35.8 Å². The van der Waals surface area contributed by atoms with Crippen LogP contribution in [0, 0.1) is 0 Å². The second-order valence-corrected chi connectivity index (χ2v) is 8.03. The van der Waals surface area contributed by atoms with Gasteiger partial charge in [0.1, 0.15) is 0 Å². The first kappa shape index (κ1) is 19.0. The Morgan fingerprint density at radius 3 is 2.57 bits per heavy atom. The topological polar surface area (TPSA) is 71.8 Å². The van der Waals surface area contributed by atoms with Crippen molar-refractivity contribution in [1.82, 2.24) is 25.4 Å². The SMILES string of the molecule is O=C(NCCn1nc(-c2ccncc2)c2c1CCCC2)NC1CCCCCC1. The molecule has 6 nitrogen and oxygen atoms in total. The predicted molar refractivity (Wildman–Crippen MR) is 110 cm³/mol. The van der Waals surface area contributed by atoms with Gasteiger partial charge in [0.25, 0.3) is 0 Å². The minimum Gasteiger partial charge on any atom is -0.336 e. The van der Waals surface area contributed by atoms with Crippen LogP contribution in [-0.2, 0) is 19.4 Å². The van der Waals surface area contributed by atoms with Gasteiger partial charge in [-0.2, -0.15) is 5.10 Å². The Labute approximate surface area is 167 Å². The maximum absolute atomic E-state index is 12.3. The number of pyridine rings is 1. The summed E-state index contributed by atoms with van der Waals surface area (Å²) >= 11 is 0. The number of urea groups is 1. The zero-order valence-electron chi connectivity index (χ0n) is 16.6. The molecule has 0 bridgehead atoms. The van der Waals surface area contributed by atoms with Crippen LogP contribution in [0.2, 0.25) is 0 Å². The van der Waals surface area contributed by atoms with Crippen LogP contribution in [0.25, 0.3) is 11.3 Å². The smallest absolute Gasteiger partial charge is 0.315 e. The van der Waals surface area contributed by atoms with Gasteiger partial charge in [-0.15, -0.1) is 0 Å². The van der Waals surface area contributed by atoms with Gasteiger partial charge in [0.15, 0.2) is 0 Å². The molecule has 2 amide bonds. The summed E-state index contributed by atoms with van der Waals surface area (Å²) in [6.45, 7) is 1.31. The minimum absolute atomic E-state index is 0.0396. The van der Waals surface area contributed by atoms with Gasteiger partial charge in [-0.3, -0.25) is 9.67 Å². The molecule has 28 heavy (non-hydrogen) atoms. The zero-order valence-corrected chi connectivity index (χ0v) is 16.6. The number of hydrogen-bond acceptors (Lipinski definition) is 3. The van der Waals surface area contributed by atoms with Gasteiger partial charge in [0.2, 0.25) is 0 Å². The first-order valence-corrected chi connectivity index (χ1v) is 10.8. The van der Waals surface area contributed by atoms with Gasteiger partial charge >= 0.3 is 6.03 Å². The quantitative estimate of drug-likeness (QED) is 0.773. The molecule has 0 aromatic carbocycles. The lowest BCUT2D eigenvalue weighted by molar-refractivity contribution is 0.235. The average Bonchev–Trinajstić information content (AvgIpc) is 2.90. The number of carbonyl (C=O) groups excluding carboxylic acids is 1. The second kappa shape index (κ2) is 9.22. The third kappa shape index (κ3) is 4.54. The summed E-state index contributed by atoms with van der Waals surface area (Å²) in [5.41, 5.74) is 4.93. The van der Waals surface area contributed by atoms with Crippen LogP contribution < -0.4 is 10.6 Å². The lowest BCUT2D eigenvalue weighted by atomic mass is 9.94. The van der Waals surface area contributed by atoms with Gasteiger partial charge in [-0.25, -0.2) is 4.79 Å². The van der Waals surface area contributed by atoms with Crippen molar-refractivity contribution < 1.29 is 4.79 Å². The first-order chi connectivity index (χ1) is 13.8. The van der Waals surface area contributed by atoms with Crippen molar-refractivity contribution in [2.45, 2.75) is 76.8 Å². The summed E-state index contributed by atoms with van der Waals surface area (Å²) in [6, 6.07) is 4.35. The Morgan fingerprint density at radius 1 is 1.04 bits per heavy atom. The number of nitrogens with one attached hydrogen (secondary N) is 2. The number of aromatic nitrogens is 3. The van der Waals surface area contributed by atoms with Gasteiger partial charge in [-0.1, -0.05) is 25.7 Å². The molecule has 2 aromatic rings. The van der Waals surface area contributed by atoms with Crippen LogP contribution in [0.5, 0.6) is 0 Å². The number of rotatable bonds is 5. The molecule has 2 heterocycles. The van der Waals surface area contributed by atoms with E-state index in [1.54, 1.807) is 0 Å². The summed E-state index contributed by atoms with van der Waals surface area (Å²) in [4.78, 5) is 16.4. The van der Waals surface area contributed by atoms with Crippen molar-refractivity contribution in [3.8, 4) is 11.3 Å². The molecule has 0 saturated heterocycles. The van der Waals surface area contributed by atoms with E-state index in [1.165, 1.54) is 49.8 Å². The maximum atomic E-state index is 12.3. The lowest BCUT2D eigenvalue weighted by Gasteiger charge is -2.17. The van der Waals surface area contributed by atoms with E-state index in [2.05, 4.69) is 20.3 Å². The number of carbonyl (C=O) groups is 1. The van der Waals surface area contributed by atoms with Crippen LogP contribution in [0.15, 0.2) is 24.5 Å². The lowest BCUT2D eigenvalue weighted by Crippen LogP contribution is -2.43. The molecule has 0 radical (unpaired) electrons. The monoisotopic (exact) mass is 381 g/mol. The van der Waals surface area contributed by atoms with Crippen molar-refractivity contribution in [2.75, 3.05) is 6.54 Å². The molecule has 1 saturated carbocycles. The highest BCUT2D eigenvalue weighted by Gasteiger charge is 2.21. The molecule has 2 aromatic heterocycles. The Morgan fingerprint density at radius 2 is 1.79 bits per heavy atom. The molecule has 0 aliphatic heterocycles. The molecule has 150 valence electrons. The Kier molecular flexibility index (Phi) is 6.24. The fourth-order valence-electron chi connectivity index (χ4n) is 4.53. The molecule has 1 fully saturated rings. The third-order valence-electron chi connectivity index (χ3n) is 6.01. The van der Waals surface area contributed by atoms with Crippen molar-refractivity contribution in [3.63, 3.8) is 0 Å². The van der Waals surface area contributed by atoms with E-state index in [-0.39, 0.29) is 6.03 Å². The first-order valence-electron chi connectivity index (χ1n) is 10.8. The van der Waals surface area contributed by atoms with E-state index in [0.29, 0.717) is 19.1 Å². The van der Waals surface area contributed by atoms with E-state index in [9.17, 15) is 4.79 Å². The normalized spacial score (nSPS) is 17.6. The van der Waals surface area contributed by atoms with Gasteiger partial charge in [-0.05, 0) is 50.7 Å². The largest absolute Gasteiger partial charge is 0.336 e. The van der Waals surface area contributed by atoms with Gasteiger partial charge in [0.05, 0.1) is 12.2 Å². The number of fused-ring (bicyclic) bond motifs is 1. The Balaban J connectivity index is 1.37.